The molecule has 8 nitrogen and oxygen atoms in total. The number of aromatic nitrogens is 4. The third kappa shape index (κ3) is 5.87. The van der Waals surface area contributed by atoms with Crippen LogP contribution in [0.2, 0.25) is 0 Å². The van der Waals surface area contributed by atoms with E-state index < -0.39 is 0 Å². The lowest BCUT2D eigenvalue weighted by atomic mass is 10.1. The number of anilines is 4. The Morgan fingerprint density at radius 2 is 1.84 bits per heavy atom. The standard InChI is InChI=1S/C27H22BrN7OS/c1-2-19-7-10-21-25(33-19)31-15-32-26(21)34-22-13-16(27(36)35-24-12-4-17(28)14-30-24)3-11-23(22)37-20-8-5-18(29)6-9-20/h3-15H,2,29H2,1H3,(H,30,35,36)(H,31,32,33,34). The molecule has 184 valence electrons. The summed E-state index contributed by atoms with van der Waals surface area (Å²) in [5.41, 5.74) is 9.31. The van der Waals surface area contributed by atoms with Crippen molar-refractivity contribution in [3.05, 3.63) is 95.0 Å². The van der Waals surface area contributed by atoms with Crippen LogP contribution in [0.1, 0.15) is 23.0 Å². The van der Waals surface area contributed by atoms with E-state index in [9.17, 15) is 4.79 Å². The number of pyridine rings is 2. The second kappa shape index (κ2) is 10.9. The molecule has 0 radical (unpaired) electrons. The summed E-state index contributed by atoms with van der Waals surface area (Å²) in [4.78, 5) is 32.6. The minimum absolute atomic E-state index is 0.274. The molecule has 10 heteroatoms. The molecule has 0 spiro atoms. The Labute approximate surface area is 226 Å². The number of carbonyl (C=O) groups is 1. The summed E-state index contributed by atoms with van der Waals surface area (Å²) in [6.07, 6.45) is 3.93. The molecule has 0 fully saturated rings. The predicted molar refractivity (Wildman–Crippen MR) is 151 cm³/mol. The summed E-state index contributed by atoms with van der Waals surface area (Å²) in [5, 5.41) is 7.04. The molecule has 0 aliphatic rings. The first-order chi connectivity index (χ1) is 18.0. The van der Waals surface area contributed by atoms with E-state index in [0.29, 0.717) is 28.5 Å². The smallest absolute Gasteiger partial charge is 0.256 e. The molecule has 0 atom stereocenters. The minimum Gasteiger partial charge on any atom is -0.399 e. The maximum absolute atomic E-state index is 13.0. The molecule has 0 aliphatic carbocycles. The van der Waals surface area contributed by atoms with Gasteiger partial charge in [-0.25, -0.2) is 19.9 Å². The number of halogens is 1. The monoisotopic (exact) mass is 571 g/mol. The van der Waals surface area contributed by atoms with Crippen molar-refractivity contribution in [1.29, 1.82) is 0 Å². The molecular formula is C27H22BrN7OS. The zero-order valence-electron chi connectivity index (χ0n) is 19.8. The van der Waals surface area contributed by atoms with Crippen LogP contribution >= 0.6 is 27.7 Å². The fourth-order valence-electron chi connectivity index (χ4n) is 3.56. The van der Waals surface area contributed by atoms with E-state index in [4.69, 9.17) is 5.73 Å². The fourth-order valence-corrected chi connectivity index (χ4v) is 4.68. The molecule has 0 saturated heterocycles. The van der Waals surface area contributed by atoms with Crippen molar-refractivity contribution < 1.29 is 4.79 Å². The van der Waals surface area contributed by atoms with Gasteiger partial charge in [0, 0.05) is 37.4 Å². The van der Waals surface area contributed by atoms with E-state index >= 15 is 0 Å². The quantitative estimate of drug-likeness (QED) is 0.190. The molecule has 5 aromatic rings. The van der Waals surface area contributed by atoms with Crippen molar-refractivity contribution in [2.24, 2.45) is 0 Å². The van der Waals surface area contributed by atoms with E-state index in [1.165, 1.54) is 6.33 Å². The number of nitrogen functional groups attached to an aromatic ring is 1. The van der Waals surface area contributed by atoms with Crippen LogP contribution in [0.15, 0.2) is 93.5 Å². The van der Waals surface area contributed by atoms with Gasteiger partial charge in [0.05, 0.1) is 11.1 Å². The van der Waals surface area contributed by atoms with Crippen LogP contribution in [-0.2, 0) is 6.42 Å². The zero-order valence-corrected chi connectivity index (χ0v) is 22.2. The van der Waals surface area contributed by atoms with Gasteiger partial charge in [0.2, 0.25) is 0 Å². The van der Waals surface area contributed by atoms with Gasteiger partial charge in [-0.3, -0.25) is 4.79 Å². The van der Waals surface area contributed by atoms with Gasteiger partial charge in [-0.15, -0.1) is 0 Å². The Bertz CT molecular complexity index is 1580. The molecular weight excluding hydrogens is 550 g/mol. The van der Waals surface area contributed by atoms with E-state index in [1.54, 1.807) is 36.2 Å². The molecule has 4 N–H and O–H groups in total. The first-order valence-electron chi connectivity index (χ1n) is 11.5. The third-order valence-electron chi connectivity index (χ3n) is 5.49. The summed E-state index contributed by atoms with van der Waals surface area (Å²) in [6.45, 7) is 2.05. The molecule has 0 bridgehead atoms. The lowest BCUT2D eigenvalue weighted by Crippen LogP contribution is -2.13. The second-order valence-electron chi connectivity index (χ2n) is 8.07. The second-order valence-corrected chi connectivity index (χ2v) is 10.1. The highest BCUT2D eigenvalue weighted by molar-refractivity contribution is 9.10. The number of amides is 1. The Morgan fingerprint density at radius 3 is 2.59 bits per heavy atom. The van der Waals surface area contributed by atoms with Gasteiger partial charge in [0.25, 0.3) is 5.91 Å². The average Bonchev–Trinajstić information content (AvgIpc) is 2.92. The maximum atomic E-state index is 13.0. The fraction of sp³-hybridized carbons (Fsp3) is 0.0741. The normalized spacial score (nSPS) is 10.9. The molecule has 1 amide bonds. The Morgan fingerprint density at radius 1 is 1.00 bits per heavy atom. The summed E-state index contributed by atoms with van der Waals surface area (Å²) < 4.78 is 0.832. The lowest BCUT2D eigenvalue weighted by Gasteiger charge is -2.15. The largest absolute Gasteiger partial charge is 0.399 e. The predicted octanol–water partition coefficient (Wildman–Crippen LogP) is 6.47. The Hall–Kier alpha value is -4.02. The SMILES string of the molecule is CCc1ccc2c(Nc3cc(C(=O)Nc4ccc(Br)cn4)ccc3Sc3ccc(N)cc3)ncnc2n1. The van der Waals surface area contributed by atoms with E-state index in [1.807, 2.05) is 48.5 Å². The lowest BCUT2D eigenvalue weighted by molar-refractivity contribution is 0.102. The highest BCUT2D eigenvalue weighted by Gasteiger charge is 2.14. The van der Waals surface area contributed by atoms with Crippen LogP contribution in [0, 0.1) is 0 Å². The van der Waals surface area contributed by atoms with Gasteiger partial charge >= 0.3 is 0 Å². The molecule has 37 heavy (non-hydrogen) atoms. The van der Waals surface area contributed by atoms with Gasteiger partial charge in [0.1, 0.15) is 18.0 Å². The van der Waals surface area contributed by atoms with Gasteiger partial charge < -0.3 is 16.4 Å². The van der Waals surface area contributed by atoms with Crippen LogP contribution in [0.25, 0.3) is 11.0 Å². The number of nitrogens with zero attached hydrogens (tertiary/aromatic N) is 4. The van der Waals surface area contributed by atoms with Crippen molar-refractivity contribution in [3.63, 3.8) is 0 Å². The van der Waals surface area contributed by atoms with E-state index in [0.717, 1.165) is 37.5 Å². The number of hydrogen-bond donors (Lipinski definition) is 3. The van der Waals surface area contributed by atoms with Gasteiger partial charge in [-0.2, -0.15) is 0 Å². The number of hydrogen-bond acceptors (Lipinski definition) is 8. The first kappa shape index (κ1) is 24.7. The molecule has 3 heterocycles. The van der Waals surface area contributed by atoms with E-state index in [-0.39, 0.29) is 5.91 Å². The van der Waals surface area contributed by atoms with Gasteiger partial charge in [0.15, 0.2) is 5.65 Å². The first-order valence-corrected chi connectivity index (χ1v) is 13.1. The van der Waals surface area contributed by atoms with Crippen molar-refractivity contribution in [1.82, 2.24) is 19.9 Å². The maximum Gasteiger partial charge on any atom is 0.256 e. The van der Waals surface area contributed by atoms with Crippen molar-refractivity contribution in [2.75, 3.05) is 16.4 Å². The summed E-state index contributed by atoms with van der Waals surface area (Å²) in [6, 6.07) is 20.6. The zero-order chi connectivity index (χ0) is 25.8. The topological polar surface area (TPSA) is 119 Å². The minimum atomic E-state index is -0.274. The van der Waals surface area contributed by atoms with Crippen LogP contribution in [0.4, 0.5) is 23.0 Å². The van der Waals surface area contributed by atoms with Crippen molar-refractivity contribution in [2.45, 2.75) is 23.1 Å². The number of rotatable bonds is 7. The summed E-state index contributed by atoms with van der Waals surface area (Å²) in [5.74, 6) is 0.790. The number of benzene rings is 2. The molecule has 0 saturated carbocycles. The van der Waals surface area contributed by atoms with Crippen LogP contribution in [0.3, 0.4) is 0 Å². The summed E-state index contributed by atoms with van der Waals surface area (Å²) >= 11 is 4.91. The van der Waals surface area contributed by atoms with Crippen LogP contribution in [0.5, 0.6) is 0 Å². The summed E-state index contributed by atoms with van der Waals surface area (Å²) in [7, 11) is 0. The van der Waals surface area contributed by atoms with Crippen LogP contribution in [-0.4, -0.2) is 25.8 Å². The van der Waals surface area contributed by atoms with Gasteiger partial charge in [-0.05, 0) is 89.1 Å². The van der Waals surface area contributed by atoms with Crippen molar-refractivity contribution >= 4 is 67.6 Å². The number of carbonyl (C=O) groups excluding carboxylic acids is 1. The number of nitrogens with two attached hydrogens (primary N) is 1. The highest BCUT2D eigenvalue weighted by atomic mass is 79.9. The van der Waals surface area contributed by atoms with Crippen molar-refractivity contribution in [3.8, 4) is 0 Å². The van der Waals surface area contributed by atoms with Gasteiger partial charge in [-0.1, -0.05) is 18.7 Å². The van der Waals surface area contributed by atoms with Crippen LogP contribution < -0.4 is 16.4 Å². The molecule has 0 aliphatic heterocycles. The van der Waals surface area contributed by atoms with E-state index in [2.05, 4.69) is 53.4 Å². The highest BCUT2D eigenvalue weighted by Crippen LogP contribution is 2.36. The molecule has 5 rings (SSSR count). The Kier molecular flexibility index (Phi) is 7.29. The molecule has 2 aromatic carbocycles. The number of nitrogens with one attached hydrogen (secondary N) is 2. The molecule has 3 aromatic heterocycles. The number of aryl methyl sites for hydroxylation is 1. The number of fused-ring (bicyclic) bond motifs is 1. The Balaban J connectivity index is 1.51. The average molecular weight is 572 g/mol. The third-order valence-corrected chi connectivity index (χ3v) is 7.04. The molecule has 0 unspecified atom stereocenters.